The molecule has 0 aromatic heterocycles. The highest BCUT2D eigenvalue weighted by molar-refractivity contribution is 5.94. The molecule has 0 spiro atoms. The Hall–Kier alpha value is -1.80. The molecule has 136 valence electrons. The molecule has 1 amide bonds. The average molecular weight is 369 g/mol. The normalized spacial score (nSPS) is 13.5. The van der Waals surface area contributed by atoms with Gasteiger partial charge >= 0.3 is 12.1 Å². The number of amides is 1. The summed E-state index contributed by atoms with van der Waals surface area (Å²) < 4.78 is 37.3. The molecule has 1 aromatic carbocycles. The third-order valence-electron chi connectivity index (χ3n) is 3.20. The molecule has 9 heteroatoms. The first kappa shape index (κ1) is 22.2. The Morgan fingerprint density at radius 2 is 1.75 bits per heavy atom. The third-order valence-corrected chi connectivity index (χ3v) is 3.20. The molecule has 1 aromatic rings. The molecule has 0 saturated carbocycles. The van der Waals surface area contributed by atoms with Gasteiger partial charge < -0.3 is 10.4 Å². The number of aliphatic carboxylic acids is 1. The van der Waals surface area contributed by atoms with Crippen molar-refractivity contribution in [3.05, 3.63) is 29.8 Å². The number of nitrogens with one attached hydrogen (secondary N) is 2. The van der Waals surface area contributed by atoms with Gasteiger partial charge in [0.1, 0.15) is 6.04 Å². The summed E-state index contributed by atoms with van der Waals surface area (Å²) in [6.45, 7) is 3.32. The largest absolute Gasteiger partial charge is 0.480 e. The Morgan fingerprint density at radius 3 is 2.17 bits per heavy atom. The van der Waals surface area contributed by atoms with Crippen molar-refractivity contribution >= 4 is 30.0 Å². The molecule has 2 unspecified atom stereocenters. The summed E-state index contributed by atoms with van der Waals surface area (Å²) in [5.41, 5.74) is -0.602. The second kappa shape index (κ2) is 9.48. The Labute approximate surface area is 144 Å². The fraction of sp³-hybridized carbons (Fsp3) is 0.467. The number of carboxylic acid groups (broad SMARTS) is 1. The van der Waals surface area contributed by atoms with Crippen molar-refractivity contribution in [1.82, 2.24) is 5.32 Å². The second-order valence-corrected chi connectivity index (χ2v) is 5.13. The molecule has 0 aliphatic carbocycles. The summed E-state index contributed by atoms with van der Waals surface area (Å²) in [4.78, 5) is 23.0. The van der Waals surface area contributed by atoms with E-state index in [0.717, 1.165) is 24.3 Å². The standard InChI is InChI=1S/C15H19F3N2O3.ClH/c1-3-4-12(14(22)23)19-9(2)13(21)20-11-7-5-10(6-8-11)15(16,17)18;/h5-9,12,19H,3-4H2,1-2H3,(H,20,21)(H,22,23);1H. The van der Waals surface area contributed by atoms with Crippen LogP contribution in [-0.2, 0) is 15.8 Å². The predicted molar refractivity (Wildman–Crippen MR) is 86.3 cm³/mol. The molecule has 5 nitrogen and oxygen atoms in total. The topological polar surface area (TPSA) is 78.4 Å². The van der Waals surface area contributed by atoms with Gasteiger partial charge in [0.05, 0.1) is 11.6 Å². The molecule has 0 saturated heterocycles. The van der Waals surface area contributed by atoms with Crippen molar-refractivity contribution in [3.8, 4) is 0 Å². The number of halogens is 4. The first-order valence-electron chi connectivity index (χ1n) is 7.12. The lowest BCUT2D eigenvalue weighted by Crippen LogP contribution is -2.47. The molecule has 0 fully saturated rings. The first-order valence-corrected chi connectivity index (χ1v) is 7.12. The molecule has 2 atom stereocenters. The highest BCUT2D eigenvalue weighted by atomic mass is 35.5. The van der Waals surface area contributed by atoms with Gasteiger partial charge in [0, 0.05) is 5.69 Å². The van der Waals surface area contributed by atoms with Crippen LogP contribution in [0.15, 0.2) is 24.3 Å². The fourth-order valence-electron chi connectivity index (χ4n) is 1.94. The lowest BCUT2D eigenvalue weighted by molar-refractivity contribution is -0.140. The Bertz CT molecular complexity index is 550. The molecule has 0 aliphatic heterocycles. The van der Waals surface area contributed by atoms with Gasteiger partial charge in [-0.3, -0.25) is 14.9 Å². The van der Waals surface area contributed by atoms with Crippen molar-refractivity contribution in [2.75, 3.05) is 5.32 Å². The minimum absolute atomic E-state index is 0. The number of anilines is 1. The SMILES string of the molecule is CCCC(NC(C)C(=O)Nc1ccc(C(F)(F)F)cc1)C(=O)O.Cl. The van der Waals surface area contributed by atoms with E-state index in [9.17, 15) is 22.8 Å². The fourth-order valence-corrected chi connectivity index (χ4v) is 1.94. The number of carboxylic acids is 1. The summed E-state index contributed by atoms with van der Waals surface area (Å²) in [5.74, 6) is -1.58. The van der Waals surface area contributed by atoms with E-state index < -0.39 is 35.7 Å². The lowest BCUT2D eigenvalue weighted by Gasteiger charge is -2.19. The zero-order valence-electron chi connectivity index (χ0n) is 13.2. The molecular weight excluding hydrogens is 349 g/mol. The Balaban J connectivity index is 0.00000529. The van der Waals surface area contributed by atoms with Gasteiger partial charge in [-0.05, 0) is 37.6 Å². The molecule has 0 aliphatic rings. The summed E-state index contributed by atoms with van der Waals surface area (Å²) in [7, 11) is 0. The highest BCUT2D eigenvalue weighted by Crippen LogP contribution is 2.29. The van der Waals surface area contributed by atoms with E-state index in [1.54, 1.807) is 0 Å². The lowest BCUT2D eigenvalue weighted by atomic mass is 10.1. The van der Waals surface area contributed by atoms with Gasteiger partial charge in [-0.2, -0.15) is 13.2 Å². The Kier molecular flexibility index (Phi) is 8.77. The van der Waals surface area contributed by atoms with Crippen LogP contribution in [-0.4, -0.2) is 29.1 Å². The van der Waals surface area contributed by atoms with Crippen molar-refractivity contribution in [1.29, 1.82) is 0 Å². The maximum atomic E-state index is 12.4. The quantitative estimate of drug-likeness (QED) is 0.690. The monoisotopic (exact) mass is 368 g/mol. The van der Waals surface area contributed by atoms with Crippen LogP contribution in [0.2, 0.25) is 0 Å². The summed E-state index contributed by atoms with van der Waals surface area (Å²) >= 11 is 0. The maximum Gasteiger partial charge on any atom is 0.416 e. The minimum Gasteiger partial charge on any atom is -0.480 e. The van der Waals surface area contributed by atoms with E-state index in [-0.39, 0.29) is 18.1 Å². The van der Waals surface area contributed by atoms with Crippen LogP contribution in [0.25, 0.3) is 0 Å². The van der Waals surface area contributed by atoms with Crippen LogP contribution in [0.1, 0.15) is 32.3 Å². The van der Waals surface area contributed by atoms with Gasteiger partial charge in [-0.15, -0.1) is 12.4 Å². The van der Waals surface area contributed by atoms with Crippen LogP contribution < -0.4 is 10.6 Å². The van der Waals surface area contributed by atoms with Crippen LogP contribution in [0.3, 0.4) is 0 Å². The van der Waals surface area contributed by atoms with Crippen molar-refractivity contribution < 1.29 is 27.9 Å². The number of rotatable bonds is 7. The smallest absolute Gasteiger partial charge is 0.416 e. The summed E-state index contributed by atoms with van der Waals surface area (Å²) in [6, 6.07) is 2.37. The van der Waals surface area contributed by atoms with Crippen LogP contribution in [0, 0.1) is 0 Å². The van der Waals surface area contributed by atoms with E-state index in [1.165, 1.54) is 6.92 Å². The van der Waals surface area contributed by atoms with Gasteiger partial charge in [-0.25, -0.2) is 0 Å². The van der Waals surface area contributed by atoms with Gasteiger partial charge in [0.2, 0.25) is 5.91 Å². The number of carbonyl (C=O) groups is 2. The molecule has 0 bridgehead atoms. The number of carbonyl (C=O) groups excluding carboxylic acids is 1. The maximum absolute atomic E-state index is 12.4. The highest BCUT2D eigenvalue weighted by Gasteiger charge is 2.30. The number of hydrogen-bond acceptors (Lipinski definition) is 3. The molecular formula is C15H20ClF3N2O3. The van der Waals surface area contributed by atoms with Crippen LogP contribution in [0.4, 0.5) is 18.9 Å². The average Bonchev–Trinajstić information content (AvgIpc) is 2.46. The van der Waals surface area contributed by atoms with E-state index in [4.69, 9.17) is 5.11 Å². The van der Waals surface area contributed by atoms with Gasteiger partial charge in [0.15, 0.2) is 0 Å². The van der Waals surface area contributed by atoms with Crippen LogP contribution >= 0.6 is 12.4 Å². The van der Waals surface area contributed by atoms with Crippen LogP contribution in [0.5, 0.6) is 0 Å². The third kappa shape index (κ3) is 6.76. The summed E-state index contributed by atoms with van der Waals surface area (Å²) in [6.07, 6.45) is -3.43. The summed E-state index contributed by atoms with van der Waals surface area (Å²) in [5, 5.41) is 14.2. The van der Waals surface area contributed by atoms with E-state index in [0.29, 0.717) is 12.8 Å². The zero-order chi connectivity index (χ0) is 17.6. The van der Waals surface area contributed by atoms with E-state index in [1.807, 2.05) is 6.92 Å². The van der Waals surface area contributed by atoms with E-state index >= 15 is 0 Å². The zero-order valence-corrected chi connectivity index (χ0v) is 14.0. The predicted octanol–water partition coefficient (Wildman–Crippen LogP) is 3.30. The number of alkyl halides is 3. The van der Waals surface area contributed by atoms with Crippen molar-refractivity contribution in [3.63, 3.8) is 0 Å². The van der Waals surface area contributed by atoms with E-state index in [2.05, 4.69) is 10.6 Å². The number of hydrogen-bond donors (Lipinski definition) is 3. The molecule has 3 N–H and O–H groups in total. The van der Waals surface area contributed by atoms with Gasteiger partial charge in [0.25, 0.3) is 0 Å². The minimum atomic E-state index is -4.44. The van der Waals surface area contributed by atoms with Gasteiger partial charge in [-0.1, -0.05) is 13.3 Å². The molecule has 24 heavy (non-hydrogen) atoms. The molecule has 0 radical (unpaired) electrons. The first-order chi connectivity index (χ1) is 10.6. The van der Waals surface area contributed by atoms with Crippen molar-refractivity contribution in [2.45, 2.75) is 44.9 Å². The van der Waals surface area contributed by atoms with Crippen molar-refractivity contribution in [2.24, 2.45) is 0 Å². The Morgan fingerprint density at radius 1 is 1.21 bits per heavy atom. The molecule has 0 heterocycles. The molecule has 1 rings (SSSR count). The second-order valence-electron chi connectivity index (χ2n) is 5.13. The number of benzene rings is 1.